The number of carbonyl (C=O) groups excluding carboxylic acids is 2. The number of nitrogens with zero attached hydrogens (tertiary/aromatic N) is 1. The highest BCUT2D eigenvalue weighted by molar-refractivity contribution is 6.02. The summed E-state index contributed by atoms with van der Waals surface area (Å²) in [6.07, 6.45) is 2.32. The van der Waals surface area contributed by atoms with Crippen LogP contribution in [0.4, 0.5) is 4.79 Å². The first-order valence-corrected chi connectivity index (χ1v) is 16.9. The lowest BCUT2D eigenvalue weighted by Gasteiger charge is -2.18. The number of benzene rings is 4. The smallest absolute Gasteiger partial charge is 0.427 e. The second-order valence-electron chi connectivity index (χ2n) is 11.2. The summed E-state index contributed by atoms with van der Waals surface area (Å²) in [5.74, 6) is 2.60. The molecular weight excluding hydrogens is 636 g/mol. The molecule has 4 rings (SSSR count). The Kier molecular flexibility index (Phi) is 14.5. The molecule has 50 heavy (non-hydrogen) atoms. The van der Waals surface area contributed by atoms with E-state index < -0.39 is 12.1 Å². The molecule has 0 heterocycles. The van der Waals surface area contributed by atoms with Gasteiger partial charge in [0.05, 0.1) is 32.6 Å². The lowest BCUT2D eigenvalue weighted by molar-refractivity contribution is 0.0597. The van der Waals surface area contributed by atoms with Crippen LogP contribution >= 0.6 is 0 Å². The standard InChI is InChI=1S/C40H46N2O8/c1-6-16-31-34(21-14-22-35(31)50-36-20-13-12-19-32(36)39(43)45-5)47-23-15-24-48-37-26-38(49-27-29-17-10-9-11-18-29)33(25-30(37)7-2)28(4)41-42-40(44)46-8-3/h9-14,17-22,25-26H,6-8,15-16,23-24,27H2,1-5H3,(H,42,44)/b41-28+. The Labute approximate surface area is 294 Å². The van der Waals surface area contributed by atoms with E-state index in [-0.39, 0.29) is 6.61 Å². The molecule has 10 nitrogen and oxygen atoms in total. The minimum Gasteiger partial charge on any atom is -0.493 e. The van der Waals surface area contributed by atoms with Crippen molar-refractivity contribution in [2.75, 3.05) is 26.9 Å². The maximum absolute atomic E-state index is 12.3. The Hall–Kier alpha value is -5.51. The van der Waals surface area contributed by atoms with Gasteiger partial charge in [0.15, 0.2) is 0 Å². The van der Waals surface area contributed by atoms with Crippen LogP contribution in [-0.4, -0.2) is 44.7 Å². The third-order valence-corrected chi connectivity index (χ3v) is 7.67. The van der Waals surface area contributed by atoms with Gasteiger partial charge in [0.1, 0.15) is 40.9 Å². The molecule has 0 aliphatic rings. The number of methoxy groups -OCH3 is 1. The summed E-state index contributed by atoms with van der Waals surface area (Å²) in [6, 6.07) is 26.4. The molecule has 0 aromatic heterocycles. The first kappa shape index (κ1) is 37.3. The Balaban J connectivity index is 1.46. The SMILES string of the molecule is CCCc1c(OCCCOc2cc(OCc3ccccc3)c(/C(C)=N/NC(=O)OCC)cc2CC)cccc1Oc1ccccc1C(=O)OC. The van der Waals surface area contributed by atoms with Crippen molar-refractivity contribution in [1.29, 1.82) is 0 Å². The van der Waals surface area contributed by atoms with E-state index in [9.17, 15) is 9.59 Å². The molecule has 264 valence electrons. The predicted molar refractivity (Wildman–Crippen MR) is 193 cm³/mol. The van der Waals surface area contributed by atoms with Crippen molar-refractivity contribution in [3.63, 3.8) is 0 Å². The second kappa shape index (κ2) is 19.5. The molecule has 0 saturated carbocycles. The van der Waals surface area contributed by atoms with Gasteiger partial charge in [0.2, 0.25) is 0 Å². The van der Waals surface area contributed by atoms with Crippen LogP contribution in [0, 0.1) is 0 Å². The molecule has 1 amide bonds. The van der Waals surface area contributed by atoms with Gasteiger partial charge in [-0.2, -0.15) is 5.10 Å². The van der Waals surface area contributed by atoms with E-state index in [1.54, 1.807) is 32.0 Å². The molecule has 0 aliphatic carbocycles. The second-order valence-corrected chi connectivity index (χ2v) is 11.2. The van der Waals surface area contributed by atoms with Crippen molar-refractivity contribution in [3.05, 3.63) is 113 Å². The van der Waals surface area contributed by atoms with Gasteiger partial charge in [-0.1, -0.05) is 68.8 Å². The number of aryl methyl sites for hydroxylation is 1. The quantitative estimate of drug-likeness (QED) is 0.0480. The van der Waals surface area contributed by atoms with Crippen LogP contribution in [-0.2, 0) is 28.9 Å². The highest BCUT2D eigenvalue weighted by atomic mass is 16.6. The van der Waals surface area contributed by atoms with Crippen LogP contribution in [0.5, 0.6) is 28.7 Å². The van der Waals surface area contributed by atoms with E-state index in [0.717, 1.165) is 40.8 Å². The zero-order chi connectivity index (χ0) is 35.7. The fourth-order valence-corrected chi connectivity index (χ4v) is 5.16. The first-order chi connectivity index (χ1) is 24.4. The molecule has 0 spiro atoms. The summed E-state index contributed by atoms with van der Waals surface area (Å²) in [4.78, 5) is 24.2. The number of hydrogen-bond donors (Lipinski definition) is 1. The van der Waals surface area contributed by atoms with Crippen molar-refractivity contribution in [1.82, 2.24) is 5.43 Å². The van der Waals surface area contributed by atoms with Gasteiger partial charge in [-0.05, 0) is 68.1 Å². The monoisotopic (exact) mass is 682 g/mol. The molecule has 0 radical (unpaired) electrons. The van der Waals surface area contributed by atoms with E-state index in [0.29, 0.717) is 66.9 Å². The third kappa shape index (κ3) is 10.5. The van der Waals surface area contributed by atoms with Crippen molar-refractivity contribution >= 4 is 17.8 Å². The number of esters is 1. The molecule has 0 aliphatic heterocycles. The zero-order valence-electron chi connectivity index (χ0n) is 29.5. The molecule has 1 N–H and O–H groups in total. The maximum Gasteiger partial charge on any atom is 0.427 e. The van der Waals surface area contributed by atoms with Crippen molar-refractivity contribution < 1.29 is 38.0 Å². The number of hydrogen-bond acceptors (Lipinski definition) is 9. The number of amides is 1. The van der Waals surface area contributed by atoms with Crippen LogP contribution in [0.1, 0.15) is 73.1 Å². The minimum absolute atomic E-state index is 0.247. The fourth-order valence-electron chi connectivity index (χ4n) is 5.16. The highest BCUT2D eigenvalue weighted by Gasteiger charge is 2.18. The maximum atomic E-state index is 12.3. The van der Waals surface area contributed by atoms with Crippen LogP contribution in [0.3, 0.4) is 0 Å². The van der Waals surface area contributed by atoms with E-state index in [1.807, 2.05) is 66.7 Å². The summed E-state index contributed by atoms with van der Waals surface area (Å²) in [5.41, 5.74) is 7.01. The molecule has 0 fully saturated rings. The van der Waals surface area contributed by atoms with Gasteiger partial charge in [0.25, 0.3) is 0 Å². The Morgan fingerprint density at radius 3 is 2.16 bits per heavy atom. The number of para-hydroxylation sites is 1. The van der Waals surface area contributed by atoms with E-state index in [4.69, 9.17) is 28.4 Å². The molecular formula is C40H46N2O8. The Morgan fingerprint density at radius 2 is 1.44 bits per heavy atom. The van der Waals surface area contributed by atoms with Gasteiger partial charge < -0.3 is 28.4 Å². The number of nitrogens with one attached hydrogen (secondary N) is 1. The van der Waals surface area contributed by atoms with Crippen molar-refractivity contribution in [2.24, 2.45) is 5.10 Å². The fraction of sp³-hybridized carbons (Fsp3) is 0.325. The normalized spacial score (nSPS) is 11.0. The largest absolute Gasteiger partial charge is 0.493 e. The average molecular weight is 683 g/mol. The van der Waals surface area contributed by atoms with Gasteiger partial charge in [-0.25, -0.2) is 15.0 Å². The minimum atomic E-state index is -0.624. The molecule has 10 heteroatoms. The Morgan fingerprint density at radius 1 is 0.740 bits per heavy atom. The third-order valence-electron chi connectivity index (χ3n) is 7.67. The first-order valence-electron chi connectivity index (χ1n) is 16.9. The summed E-state index contributed by atoms with van der Waals surface area (Å²) < 4.78 is 34.9. The molecule has 0 unspecified atom stereocenters. The average Bonchev–Trinajstić information content (AvgIpc) is 3.14. The van der Waals surface area contributed by atoms with Crippen LogP contribution in [0.15, 0.2) is 90.0 Å². The molecule has 4 aromatic rings. The zero-order valence-corrected chi connectivity index (χ0v) is 29.5. The summed E-state index contributed by atoms with van der Waals surface area (Å²) in [5, 5.41) is 4.24. The topological polar surface area (TPSA) is 114 Å². The number of carbonyl (C=O) groups is 2. The predicted octanol–water partition coefficient (Wildman–Crippen LogP) is 8.68. The Bertz CT molecular complexity index is 1740. The van der Waals surface area contributed by atoms with Crippen LogP contribution in [0.2, 0.25) is 0 Å². The number of hydrazone groups is 1. The van der Waals surface area contributed by atoms with E-state index >= 15 is 0 Å². The van der Waals surface area contributed by atoms with Crippen LogP contribution in [0.25, 0.3) is 0 Å². The van der Waals surface area contributed by atoms with Crippen LogP contribution < -0.4 is 24.4 Å². The van der Waals surface area contributed by atoms with Crippen molar-refractivity contribution in [2.45, 2.75) is 60.0 Å². The van der Waals surface area contributed by atoms with Gasteiger partial charge in [-0.15, -0.1) is 0 Å². The van der Waals surface area contributed by atoms with Gasteiger partial charge in [-0.3, -0.25) is 0 Å². The summed E-state index contributed by atoms with van der Waals surface area (Å²) >= 11 is 0. The van der Waals surface area contributed by atoms with E-state index in [2.05, 4.69) is 24.4 Å². The molecule has 0 saturated heterocycles. The number of ether oxygens (including phenoxy) is 6. The van der Waals surface area contributed by atoms with Gasteiger partial charge in [0, 0.05) is 23.6 Å². The van der Waals surface area contributed by atoms with Crippen molar-refractivity contribution in [3.8, 4) is 28.7 Å². The number of rotatable bonds is 18. The molecule has 4 aromatic carbocycles. The van der Waals surface area contributed by atoms with Gasteiger partial charge >= 0.3 is 12.1 Å². The van der Waals surface area contributed by atoms with E-state index in [1.165, 1.54) is 7.11 Å². The lowest BCUT2D eigenvalue weighted by atomic mass is 10.0. The molecule has 0 atom stereocenters. The highest BCUT2D eigenvalue weighted by Crippen LogP contribution is 2.35. The summed E-state index contributed by atoms with van der Waals surface area (Å²) in [7, 11) is 1.35. The lowest BCUT2D eigenvalue weighted by Crippen LogP contribution is -2.20. The molecule has 0 bridgehead atoms. The summed E-state index contributed by atoms with van der Waals surface area (Å²) in [6.45, 7) is 9.11.